The quantitative estimate of drug-likeness (QED) is 0.515. The summed E-state index contributed by atoms with van der Waals surface area (Å²) < 4.78 is 4.96. The van der Waals surface area contributed by atoms with Gasteiger partial charge in [0.1, 0.15) is 0 Å². The minimum atomic E-state index is -0.900. The number of methoxy groups -OCH3 is 1. The number of rotatable bonds is 11. The number of carboxylic acid groups (broad SMARTS) is 1. The molecule has 1 unspecified atom stereocenters. The monoisotopic (exact) mass is 289 g/mol. The first-order valence-electron chi connectivity index (χ1n) is 6.93. The predicted octanol–water partition coefficient (Wildman–Crippen LogP) is 0.507. The van der Waals surface area contributed by atoms with Crippen molar-refractivity contribution in [3.63, 3.8) is 0 Å². The lowest BCUT2D eigenvalue weighted by atomic mass is 10.1. The molecule has 0 rings (SSSR count). The third-order valence-corrected chi connectivity index (χ3v) is 2.85. The number of likely N-dealkylation sites (N-methyl/N-ethyl adjacent to an activating group) is 1. The molecule has 0 fully saturated rings. The summed E-state index contributed by atoms with van der Waals surface area (Å²) in [4.78, 5) is 24.4. The van der Waals surface area contributed by atoms with Crippen LogP contribution in [0.2, 0.25) is 0 Å². The molecule has 3 N–H and O–H groups in total. The van der Waals surface area contributed by atoms with Crippen molar-refractivity contribution < 1.29 is 19.4 Å². The summed E-state index contributed by atoms with van der Waals surface area (Å²) >= 11 is 0. The number of urea groups is 1. The van der Waals surface area contributed by atoms with Gasteiger partial charge in [0.15, 0.2) is 0 Å². The van der Waals surface area contributed by atoms with Crippen LogP contribution >= 0.6 is 0 Å². The Morgan fingerprint density at radius 2 is 2.05 bits per heavy atom. The molecular weight excluding hydrogens is 262 g/mol. The van der Waals surface area contributed by atoms with E-state index < -0.39 is 5.97 Å². The molecule has 0 saturated heterocycles. The van der Waals surface area contributed by atoms with Gasteiger partial charge in [-0.2, -0.15) is 0 Å². The number of carbonyl (C=O) groups is 2. The minimum Gasteiger partial charge on any atom is -0.481 e. The number of nitrogens with zero attached hydrogens (tertiary/aromatic N) is 1. The number of hydrogen-bond donors (Lipinski definition) is 3. The Labute approximate surface area is 120 Å². The Morgan fingerprint density at radius 3 is 2.60 bits per heavy atom. The van der Waals surface area contributed by atoms with Crippen LogP contribution in [0.25, 0.3) is 0 Å². The van der Waals surface area contributed by atoms with E-state index in [9.17, 15) is 9.59 Å². The van der Waals surface area contributed by atoms with Gasteiger partial charge in [0.05, 0.1) is 13.0 Å². The van der Waals surface area contributed by atoms with E-state index in [1.54, 1.807) is 7.11 Å². The lowest BCUT2D eigenvalue weighted by molar-refractivity contribution is -0.137. The molecular formula is C13H27N3O4. The number of aliphatic carboxylic acids is 1. The van der Waals surface area contributed by atoms with Gasteiger partial charge in [0.25, 0.3) is 0 Å². The average molecular weight is 289 g/mol. The molecule has 2 amide bonds. The number of carbonyl (C=O) groups excluding carboxylic acids is 1. The Balaban J connectivity index is 3.86. The molecule has 1 atom stereocenters. The summed E-state index contributed by atoms with van der Waals surface area (Å²) in [6.07, 6.45) is 1.44. The van der Waals surface area contributed by atoms with Crippen molar-refractivity contribution >= 4 is 12.0 Å². The fraction of sp³-hybridized carbons (Fsp3) is 0.846. The van der Waals surface area contributed by atoms with Crippen molar-refractivity contribution in [3.05, 3.63) is 0 Å². The lowest BCUT2D eigenvalue weighted by Gasteiger charge is -2.19. The van der Waals surface area contributed by atoms with Crippen LogP contribution in [-0.2, 0) is 9.53 Å². The molecule has 0 aromatic heterocycles. The normalized spacial score (nSPS) is 12.2. The summed E-state index contributed by atoms with van der Waals surface area (Å²) in [5, 5.41) is 14.2. The summed E-state index contributed by atoms with van der Waals surface area (Å²) in [5.74, 6) is -0.900. The topological polar surface area (TPSA) is 90.9 Å². The summed E-state index contributed by atoms with van der Waals surface area (Å²) in [6, 6.07) is -0.631. The van der Waals surface area contributed by atoms with Gasteiger partial charge in [0.2, 0.25) is 0 Å². The number of amides is 2. The fourth-order valence-corrected chi connectivity index (χ4v) is 1.74. The average Bonchev–Trinajstić information content (AvgIpc) is 2.35. The zero-order valence-corrected chi connectivity index (χ0v) is 12.6. The molecule has 0 aliphatic rings. The summed E-state index contributed by atoms with van der Waals surface area (Å²) in [6.45, 7) is 4.64. The fourth-order valence-electron chi connectivity index (χ4n) is 1.74. The van der Waals surface area contributed by atoms with Gasteiger partial charge in [-0.3, -0.25) is 4.79 Å². The highest BCUT2D eigenvalue weighted by Crippen LogP contribution is 2.01. The Bertz CT molecular complexity index is 287. The molecule has 0 bridgehead atoms. The van der Waals surface area contributed by atoms with E-state index in [0.717, 1.165) is 13.0 Å². The van der Waals surface area contributed by atoms with E-state index in [4.69, 9.17) is 9.84 Å². The third-order valence-electron chi connectivity index (χ3n) is 2.85. The molecule has 0 aliphatic heterocycles. The van der Waals surface area contributed by atoms with Gasteiger partial charge in [-0.1, -0.05) is 13.3 Å². The molecule has 7 heteroatoms. The van der Waals surface area contributed by atoms with Crippen molar-refractivity contribution in [1.82, 2.24) is 15.5 Å². The highest BCUT2D eigenvalue weighted by atomic mass is 16.5. The maximum absolute atomic E-state index is 11.6. The third kappa shape index (κ3) is 10.6. The Hall–Kier alpha value is -1.34. The van der Waals surface area contributed by atoms with Gasteiger partial charge >= 0.3 is 12.0 Å². The lowest BCUT2D eigenvalue weighted by Crippen LogP contribution is -2.45. The number of hydrogen-bond acceptors (Lipinski definition) is 4. The second kappa shape index (κ2) is 11.5. The first-order chi connectivity index (χ1) is 9.49. The van der Waals surface area contributed by atoms with Crippen molar-refractivity contribution in [1.29, 1.82) is 0 Å². The number of ether oxygens (including phenoxy) is 1. The summed E-state index contributed by atoms with van der Waals surface area (Å²) in [5.41, 5.74) is 0. The van der Waals surface area contributed by atoms with Gasteiger partial charge in [0, 0.05) is 32.8 Å². The van der Waals surface area contributed by atoms with Crippen LogP contribution in [0, 0.1) is 0 Å². The SMILES string of the molecule is CCCC(CC(=O)O)NC(=O)NCCN(C)CCOC. The standard InChI is InChI=1S/C13H27N3O4/c1-4-5-11(10-12(17)18)15-13(19)14-6-7-16(2)8-9-20-3/h11H,4-10H2,1-3H3,(H,17,18)(H2,14,15,19). The zero-order chi connectivity index (χ0) is 15.4. The molecule has 0 aliphatic carbocycles. The number of nitrogens with one attached hydrogen (secondary N) is 2. The Kier molecular flexibility index (Phi) is 10.7. The molecule has 0 heterocycles. The second-order valence-corrected chi connectivity index (χ2v) is 4.78. The van der Waals surface area contributed by atoms with Crippen LogP contribution in [-0.4, -0.2) is 68.4 Å². The molecule has 118 valence electrons. The Morgan fingerprint density at radius 1 is 1.35 bits per heavy atom. The van der Waals surface area contributed by atoms with Crippen LogP contribution in [0.5, 0.6) is 0 Å². The van der Waals surface area contributed by atoms with Gasteiger partial charge < -0.3 is 25.4 Å². The molecule has 0 aromatic rings. The molecule has 0 saturated carbocycles. The van der Waals surface area contributed by atoms with Crippen LogP contribution in [0.15, 0.2) is 0 Å². The highest BCUT2D eigenvalue weighted by molar-refractivity contribution is 5.75. The molecule has 7 nitrogen and oxygen atoms in total. The maximum Gasteiger partial charge on any atom is 0.315 e. The van der Waals surface area contributed by atoms with Gasteiger partial charge in [-0.25, -0.2) is 4.79 Å². The van der Waals surface area contributed by atoms with Gasteiger partial charge in [-0.05, 0) is 13.5 Å². The van der Waals surface area contributed by atoms with E-state index in [0.29, 0.717) is 26.1 Å². The van der Waals surface area contributed by atoms with E-state index >= 15 is 0 Å². The van der Waals surface area contributed by atoms with Crippen molar-refractivity contribution in [2.45, 2.75) is 32.2 Å². The van der Waals surface area contributed by atoms with Crippen molar-refractivity contribution in [3.8, 4) is 0 Å². The van der Waals surface area contributed by atoms with E-state index in [2.05, 4.69) is 10.6 Å². The molecule has 0 radical (unpaired) electrons. The van der Waals surface area contributed by atoms with Crippen LogP contribution < -0.4 is 10.6 Å². The zero-order valence-electron chi connectivity index (χ0n) is 12.6. The van der Waals surface area contributed by atoms with Crippen LogP contribution in [0.4, 0.5) is 4.79 Å². The second-order valence-electron chi connectivity index (χ2n) is 4.78. The smallest absolute Gasteiger partial charge is 0.315 e. The highest BCUT2D eigenvalue weighted by Gasteiger charge is 2.14. The largest absolute Gasteiger partial charge is 0.481 e. The molecule has 0 spiro atoms. The van der Waals surface area contributed by atoms with E-state index in [-0.39, 0.29) is 18.5 Å². The predicted molar refractivity (Wildman–Crippen MR) is 76.9 cm³/mol. The van der Waals surface area contributed by atoms with Crippen LogP contribution in [0.3, 0.4) is 0 Å². The first-order valence-corrected chi connectivity index (χ1v) is 6.93. The summed E-state index contributed by atoms with van der Waals surface area (Å²) in [7, 11) is 3.60. The van der Waals surface area contributed by atoms with Gasteiger partial charge in [-0.15, -0.1) is 0 Å². The van der Waals surface area contributed by atoms with Crippen molar-refractivity contribution in [2.75, 3.05) is 40.4 Å². The first kappa shape index (κ1) is 18.7. The van der Waals surface area contributed by atoms with Crippen LogP contribution in [0.1, 0.15) is 26.2 Å². The maximum atomic E-state index is 11.6. The number of carboxylic acids is 1. The minimum absolute atomic E-state index is 0.0466. The van der Waals surface area contributed by atoms with Crippen molar-refractivity contribution in [2.24, 2.45) is 0 Å². The molecule has 0 aromatic carbocycles. The van der Waals surface area contributed by atoms with E-state index in [1.165, 1.54) is 0 Å². The molecule has 20 heavy (non-hydrogen) atoms. The van der Waals surface area contributed by atoms with E-state index in [1.807, 2.05) is 18.9 Å².